The van der Waals surface area contributed by atoms with Gasteiger partial charge in [-0.05, 0) is 28.1 Å². The molecule has 18 heavy (non-hydrogen) atoms. The Hall–Kier alpha value is -0.860. The van der Waals surface area contributed by atoms with Crippen molar-refractivity contribution in [3.8, 4) is 5.75 Å². The van der Waals surface area contributed by atoms with E-state index in [4.69, 9.17) is 0 Å². The fourth-order valence-electron chi connectivity index (χ4n) is 1.21. The number of nitrogens with zero attached hydrogens (tertiary/aromatic N) is 2. The predicted molar refractivity (Wildman–Crippen MR) is 79.1 cm³/mol. The SMILES string of the molecule is O=C1CS/C(=N\N=C/c2cc(Br)cc(Br)c2O)N1. The summed E-state index contributed by atoms with van der Waals surface area (Å²) in [5.41, 5.74) is 0.523. The number of aromatic hydroxyl groups is 1. The van der Waals surface area contributed by atoms with E-state index in [1.54, 1.807) is 12.1 Å². The van der Waals surface area contributed by atoms with Crippen LogP contribution in [-0.2, 0) is 4.79 Å². The van der Waals surface area contributed by atoms with Gasteiger partial charge in [0.25, 0.3) is 0 Å². The first-order chi connectivity index (χ1) is 8.56. The lowest BCUT2D eigenvalue weighted by molar-refractivity contribution is -0.116. The molecular weight excluding hydrogens is 386 g/mol. The van der Waals surface area contributed by atoms with Crippen LogP contribution in [0.5, 0.6) is 5.75 Å². The highest BCUT2D eigenvalue weighted by Crippen LogP contribution is 2.30. The molecule has 1 aliphatic rings. The van der Waals surface area contributed by atoms with Crippen molar-refractivity contribution in [2.24, 2.45) is 10.2 Å². The maximum Gasteiger partial charge on any atom is 0.236 e. The summed E-state index contributed by atoms with van der Waals surface area (Å²) >= 11 is 7.83. The van der Waals surface area contributed by atoms with E-state index in [1.807, 2.05) is 0 Å². The summed E-state index contributed by atoms with van der Waals surface area (Å²) in [6.45, 7) is 0. The third-order valence-electron chi connectivity index (χ3n) is 1.99. The Morgan fingerprint density at radius 1 is 1.44 bits per heavy atom. The van der Waals surface area contributed by atoms with E-state index in [9.17, 15) is 9.90 Å². The van der Waals surface area contributed by atoms with E-state index in [2.05, 4.69) is 47.4 Å². The van der Waals surface area contributed by atoms with Gasteiger partial charge in [-0.1, -0.05) is 27.7 Å². The zero-order valence-corrected chi connectivity index (χ0v) is 12.8. The van der Waals surface area contributed by atoms with Crippen LogP contribution in [0.3, 0.4) is 0 Å². The van der Waals surface area contributed by atoms with Crippen LogP contribution < -0.4 is 5.32 Å². The number of carbonyl (C=O) groups excluding carboxylic acids is 1. The zero-order chi connectivity index (χ0) is 13.1. The molecule has 0 spiro atoms. The van der Waals surface area contributed by atoms with Crippen LogP contribution in [0, 0.1) is 0 Å². The Bertz CT molecular complexity index is 560. The number of rotatable bonds is 2. The zero-order valence-electron chi connectivity index (χ0n) is 8.85. The number of amides is 1. The van der Waals surface area contributed by atoms with Crippen molar-refractivity contribution in [2.45, 2.75) is 0 Å². The molecule has 1 aromatic carbocycles. The normalized spacial score (nSPS) is 17.7. The summed E-state index contributed by atoms with van der Waals surface area (Å²) < 4.78 is 1.37. The third-order valence-corrected chi connectivity index (χ3v) is 3.92. The van der Waals surface area contributed by atoms with E-state index in [-0.39, 0.29) is 11.7 Å². The molecule has 5 nitrogen and oxygen atoms in total. The number of phenols is 1. The summed E-state index contributed by atoms with van der Waals surface area (Å²) in [7, 11) is 0. The van der Waals surface area contributed by atoms with E-state index in [0.717, 1.165) is 4.47 Å². The molecule has 2 N–H and O–H groups in total. The first-order valence-electron chi connectivity index (χ1n) is 4.78. The molecule has 1 amide bonds. The lowest BCUT2D eigenvalue weighted by atomic mass is 10.2. The van der Waals surface area contributed by atoms with Crippen LogP contribution in [-0.4, -0.2) is 28.1 Å². The molecular formula is C10H7Br2N3O2S. The summed E-state index contributed by atoms with van der Waals surface area (Å²) in [6, 6.07) is 3.44. The second kappa shape index (κ2) is 5.85. The van der Waals surface area contributed by atoms with Crippen molar-refractivity contribution in [3.63, 3.8) is 0 Å². The lowest BCUT2D eigenvalue weighted by Gasteiger charge is -2.01. The number of hydrogen-bond donors (Lipinski definition) is 2. The van der Waals surface area contributed by atoms with Crippen molar-refractivity contribution in [2.75, 3.05) is 5.75 Å². The fraction of sp³-hybridized carbons (Fsp3) is 0.100. The number of nitrogens with one attached hydrogen (secondary N) is 1. The highest BCUT2D eigenvalue weighted by atomic mass is 79.9. The molecule has 1 heterocycles. The van der Waals surface area contributed by atoms with Crippen molar-refractivity contribution in [1.82, 2.24) is 5.32 Å². The van der Waals surface area contributed by atoms with Gasteiger partial charge in [-0.15, -0.1) is 5.10 Å². The second-order valence-electron chi connectivity index (χ2n) is 3.31. The molecule has 8 heteroatoms. The smallest absolute Gasteiger partial charge is 0.236 e. The minimum absolute atomic E-state index is 0.0815. The van der Waals surface area contributed by atoms with Crippen LogP contribution in [0.1, 0.15) is 5.56 Å². The van der Waals surface area contributed by atoms with Crippen LogP contribution in [0.4, 0.5) is 0 Å². The Morgan fingerprint density at radius 3 is 2.89 bits per heavy atom. The van der Waals surface area contributed by atoms with Crippen LogP contribution >= 0.6 is 43.6 Å². The van der Waals surface area contributed by atoms with Gasteiger partial charge in [0, 0.05) is 10.0 Å². The maximum atomic E-state index is 10.9. The highest BCUT2D eigenvalue weighted by Gasteiger charge is 2.16. The minimum atomic E-state index is -0.0815. The number of hydrogen-bond acceptors (Lipinski definition) is 5. The highest BCUT2D eigenvalue weighted by molar-refractivity contribution is 9.11. The van der Waals surface area contributed by atoms with Gasteiger partial charge in [0.2, 0.25) is 5.91 Å². The third kappa shape index (κ3) is 3.33. The topological polar surface area (TPSA) is 74.0 Å². The first kappa shape index (κ1) is 13.6. The molecule has 2 rings (SSSR count). The average molecular weight is 393 g/mol. The number of halogens is 2. The predicted octanol–water partition coefficient (Wildman–Crippen LogP) is 2.47. The second-order valence-corrected chi connectivity index (χ2v) is 6.05. The van der Waals surface area contributed by atoms with Gasteiger partial charge in [-0.2, -0.15) is 5.10 Å². The Labute approximate surface area is 124 Å². The lowest BCUT2D eigenvalue weighted by Crippen LogP contribution is -2.19. The monoisotopic (exact) mass is 391 g/mol. The molecule has 1 saturated heterocycles. The van der Waals surface area contributed by atoms with Crippen LogP contribution in [0.25, 0.3) is 0 Å². The summed E-state index contributed by atoms with van der Waals surface area (Å²) in [5.74, 6) is 0.370. The van der Waals surface area contributed by atoms with Crippen LogP contribution in [0.15, 0.2) is 31.3 Å². The van der Waals surface area contributed by atoms with E-state index in [0.29, 0.717) is 21.0 Å². The van der Waals surface area contributed by atoms with E-state index in [1.165, 1.54) is 18.0 Å². The van der Waals surface area contributed by atoms with Crippen molar-refractivity contribution < 1.29 is 9.90 Å². The van der Waals surface area contributed by atoms with Gasteiger partial charge in [-0.25, -0.2) is 0 Å². The molecule has 0 unspecified atom stereocenters. The van der Waals surface area contributed by atoms with E-state index < -0.39 is 0 Å². The number of phenolic OH excluding ortho intramolecular Hbond substituents is 1. The molecule has 0 atom stereocenters. The van der Waals surface area contributed by atoms with Crippen molar-refractivity contribution in [1.29, 1.82) is 0 Å². The molecule has 0 radical (unpaired) electrons. The summed E-state index contributed by atoms with van der Waals surface area (Å²) in [6.07, 6.45) is 1.42. The molecule has 0 bridgehead atoms. The molecule has 1 fully saturated rings. The van der Waals surface area contributed by atoms with Gasteiger partial charge >= 0.3 is 0 Å². The molecule has 0 saturated carbocycles. The first-order valence-corrected chi connectivity index (χ1v) is 7.35. The van der Waals surface area contributed by atoms with Gasteiger partial charge in [-0.3, -0.25) is 4.79 Å². The van der Waals surface area contributed by atoms with Crippen LogP contribution in [0.2, 0.25) is 0 Å². The molecule has 1 aliphatic heterocycles. The molecule has 0 aromatic heterocycles. The quantitative estimate of drug-likeness (QED) is 0.599. The van der Waals surface area contributed by atoms with Gasteiger partial charge < -0.3 is 10.4 Å². The van der Waals surface area contributed by atoms with E-state index >= 15 is 0 Å². The Kier molecular flexibility index (Phi) is 4.41. The molecule has 0 aliphatic carbocycles. The average Bonchev–Trinajstić information content (AvgIpc) is 2.71. The number of benzene rings is 1. The summed E-state index contributed by atoms with van der Waals surface area (Å²) in [5, 5.41) is 20.5. The molecule has 1 aromatic rings. The summed E-state index contributed by atoms with van der Waals surface area (Å²) in [4.78, 5) is 10.9. The maximum absolute atomic E-state index is 10.9. The van der Waals surface area contributed by atoms with Crippen molar-refractivity contribution in [3.05, 3.63) is 26.6 Å². The van der Waals surface area contributed by atoms with Gasteiger partial charge in [0.1, 0.15) is 5.75 Å². The van der Waals surface area contributed by atoms with Crippen molar-refractivity contribution >= 4 is 60.9 Å². The van der Waals surface area contributed by atoms with Gasteiger partial charge in [0.05, 0.1) is 16.4 Å². The largest absolute Gasteiger partial charge is 0.506 e. The Balaban J connectivity index is 2.17. The number of thioether (sulfide) groups is 1. The van der Waals surface area contributed by atoms with Gasteiger partial charge in [0.15, 0.2) is 5.17 Å². The number of amidine groups is 1. The number of carbonyl (C=O) groups is 1. The molecule has 94 valence electrons. The standard InChI is InChI=1S/C10H7Br2N3O2S/c11-6-1-5(9(17)7(12)2-6)3-13-15-10-14-8(16)4-18-10/h1-3,17H,4H2,(H,14,15,16)/b13-3-. The Morgan fingerprint density at radius 2 is 2.22 bits per heavy atom. The minimum Gasteiger partial charge on any atom is -0.506 e. The fourth-order valence-corrected chi connectivity index (χ4v) is 3.10.